The van der Waals surface area contributed by atoms with E-state index in [9.17, 15) is 92.7 Å². The molecular formula is C63H110N14O19. The summed E-state index contributed by atoms with van der Waals surface area (Å²) in [5.41, 5.74) is 11.0. The molecule has 0 aromatic rings. The van der Waals surface area contributed by atoms with Gasteiger partial charge in [-0.15, -0.1) is 0 Å². The molecule has 33 nitrogen and oxygen atoms in total. The molecule has 2 saturated heterocycles. The molecule has 0 aliphatic carbocycles. The SMILES string of the molecule is CCCCCC1CC(=O)N[C@@H](C(C)C)C(=O)N[C@H](C(O)C(C)C)C(=O)N[C@H](C)C(=O)N[C@H](C(O)C(C)C)C(=O)N[C@@H](CCC(N)=O)C(=O)N(C)[C@H]([C@H](C)CC)C(=O)N[C@H](C(O)C(N)=O)C(=O)N[C@@H]([C@H](C)O)C(=O)N2CCC[C@H]2C(=O)N[C@H](CC(C)C)C(=O)N[C@@H]([C@@H](C)O)C(=O)N1. The Morgan fingerprint density at radius 2 is 1.02 bits per heavy atom. The van der Waals surface area contributed by atoms with Crippen LogP contribution in [0.1, 0.15) is 168 Å². The maximum Gasteiger partial charge on any atom is 0.248 e. The molecule has 0 aromatic heterocycles. The van der Waals surface area contributed by atoms with Crippen LogP contribution in [0.25, 0.3) is 0 Å². The maximum absolute atomic E-state index is 14.7. The molecule has 2 heterocycles. The number of carbonyl (C=O) groups excluding carboxylic acids is 14. The lowest BCUT2D eigenvalue weighted by Crippen LogP contribution is -2.65. The third-order valence-electron chi connectivity index (χ3n) is 17.1. The maximum atomic E-state index is 14.7. The molecule has 96 heavy (non-hydrogen) atoms. The molecule has 0 saturated carbocycles. The molecular weight excluding hydrogens is 1260 g/mol. The van der Waals surface area contributed by atoms with E-state index in [0.29, 0.717) is 12.8 Å². The van der Waals surface area contributed by atoms with E-state index in [2.05, 4.69) is 53.2 Å². The van der Waals surface area contributed by atoms with E-state index in [0.717, 1.165) is 30.2 Å². The van der Waals surface area contributed by atoms with Gasteiger partial charge in [0.2, 0.25) is 82.7 Å². The Kier molecular flexibility index (Phi) is 34.8. The zero-order chi connectivity index (χ0) is 73.5. The van der Waals surface area contributed by atoms with Gasteiger partial charge in [0.25, 0.3) is 0 Å². The molecule has 0 bridgehead atoms. The van der Waals surface area contributed by atoms with Crippen LogP contribution < -0.4 is 64.6 Å². The fraction of sp³-hybridized carbons (Fsp3) is 0.778. The van der Waals surface area contributed by atoms with Crippen LogP contribution in [0.15, 0.2) is 0 Å². The van der Waals surface area contributed by atoms with Crippen LogP contribution in [0.2, 0.25) is 0 Å². The van der Waals surface area contributed by atoms with E-state index in [1.807, 2.05) is 6.92 Å². The molecule has 2 fully saturated rings. The molecule has 0 radical (unpaired) electrons. The van der Waals surface area contributed by atoms with E-state index in [4.69, 9.17) is 11.5 Å². The van der Waals surface area contributed by atoms with Crippen molar-refractivity contribution in [3.8, 4) is 0 Å². The van der Waals surface area contributed by atoms with Crippen molar-refractivity contribution in [3.63, 3.8) is 0 Å². The zero-order valence-corrected chi connectivity index (χ0v) is 58.2. The van der Waals surface area contributed by atoms with Gasteiger partial charge in [0, 0.05) is 32.5 Å². The highest BCUT2D eigenvalue weighted by atomic mass is 16.3. The van der Waals surface area contributed by atoms with Gasteiger partial charge < -0.3 is 100.0 Å². The summed E-state index contributed by atoms with van der Waals surface area (Å²) in [6.45, 7) is 21.0. The van der Waals surface area contributed by atoms with Crippen LogP contribution in [0, 0.1) is 29.6 Å². The second-order valence-corrected chi connectivity index (χ2v) is 26.9. The molecule has 2 rings (SSSR count). The van der Waals surface area contributed by atoms with Gasteiger partial charge >= 0.3 is 0 Å². The number of hydrogen-bond donors (Lipinski definition) is 17. The van der Waals surface area contributed by atoms with Crippen LogP contribution in [0.5, 0.6) is 0 Å². The quantitative estimate of drug-likeness (QED) is 0.0510. The number of rotatable bonds is 20. The first-order chi connectivity index (χ1) is 44.6. The van der Waals surface area contributed by atoms with Crippen molar-refractivity contribution in [2.24, 2.45) is 41.1 Å². The number of aliphatic hydroxyl groups is 5. The van der Waals surface area contributed by atoms with Crippen LogP contribution in [-0.4, -0.2) is 235 Å². The monoisotopic (exact) mass is 1370 g/mol. The predicted molar refractivity (Wildman–Crippen MR) is 347 cm³/mol. The van der Waals surface area contributed by atoms with Crippen molar-refractivity contribution in [3.05, 3.63) is 0 Å². The minimum Gasteiger partial charge on any atom is -0.391 e. The standard InChI is InChI=1S/C63H110N14O19/c1-16-18-19-21-36-27-41(81)70-42(29(5)6)56(89)74-45(49(82)30(7)8)58(91)66-33(12)53(86)73-46(50(83)31(9)10)59(92)68-37(23-24-40(64)80)62(95)76(15)48(32(11)17-2)61(94)75-47(51(84)52(65)85)60(93)72-44(35(14)79)63(96)77-25-20-22-39(77)55(88)69-38(26-28(3)4)54(87)71-43(34(13)78)57(90)67-36/h28-39,42-51,78-79,82-84H,16-27H2,1-15H3,(H2,64,80)(H2,65,85)(H,66,91)(H,67,90)(H,68,92)(H,69,88)(H,70,81)(H,71,87)(H,72,93)(H,73,86)(H,74,89)(H,75,94)/t32-,33-,34-,35+,36?,37+,38-,39+,42+,43+,44+,45-,46-,47-,48-,49?,50?,51?/m1/s1. The molecule has 18 atom stereocenters. The van der Waals surface area contributed by atoms with Gasteiger partial charge in [-0.2, -0.15) is 0 Å². The minimum absolute atomic E-state index is 0.00696. The Morgan fingerprint density at radius 3 is 1.52 bits per heavy atom. The number of nitrogens with two attached hydrogens (primary N) is 2. The summed E-state index contributed by atoms with van der Waals surface area (Å²) in [4.78, 5) is 199. The van der Waals surface area contributed by atoms with Crippen molar-refractivity contribution in [2.75, 3.05) is 13.6 Å². The van der Waals surface area contributed by atoms with E-state index < -0.39 is 229 Å². The van der Waals surface area contributed by atoms with Crippen molar-refractivity contribution in [1.82, 2.24) is 63.0 Å². The van der Waals surface area contributed by atoms with E-state index >= 15 is 0 Å². The Bertz CT molecular complexity index is 2710. The Balaban J connectivity index is 2.97. The molecule has 14 amide bonds. The van der Waals surface area contributed by atoms with Gasteiger partial charge in [0.1, 0.15) is 66.5 Å². The van der Waals surface area contributed by atoms with Crippen LogP contribution in [0.3, 0.4) is 0 Å². The Morgan fingerprint density at radius 1 is 0.531 bits per heavy atom. The minimum atomic E-state index is -2.56. The third-order valence-corrected chi connectivity index (χ3v) is 17.1. The van der Waals surface area contributed by atoms with Crippen molar-refractivity contribution < 1.29 is 92.7 Å². The fourth-order valence-electron chi connectivity index (χ4n) is 11.1. The lowest BCUT2D eigenvalue weighted by molar-refractivity contribution is -0.148. The fourth-order valence-corrected chi connectivity index (χ4v) is 11.1. The first-order valence-corrected chi connectivity index (χ1v) is 33.2. The van der Waals surface area contributed by atoms with Gasteiger partial charge in [-0.3, -0.25) is 67.1 Å². The van der Waals surface area contributed by atoms with Gasteiger partial charge in [0.15, 0.2) is 6.10 Å². The third kappa shape index (κ3) is 25.1. The summed E-state index contributed by atoms with van der Waals surface area (Å²) in [6.07, 6.45) is -8.53. The smallest absolute Gasteiger partial charge is 0.248 e. The number of hydrogen-bond acceptors (Lipinski definition) is 19. The predicted octanol–water partition coefficient (Wildman–Crippen LogP) is -4.69. The van der Waals surface area contributed by atoms with Crippen molar-refractivity contribution in [1.29, 1.82) is 0 Å². The largest absolute Gasteiger partial charge is 0.391 e. The average molecular weight is 1370 g/mol. The summed E-state index contributed by atoms with van der Waals surface area (Å²) < 4.78 is 0. The number of carbonyl (C=O) groups is 14. The highest BCUT2D eigenvalue weighted by Gasteiger charge is 2.46. The molecule has 0 spiro atoms. The second kappa shape index (κ2) is 39.6. The molecule has 4 unspecified atom stereocenters. The molecule has 2 aliphatic heterocycles. The number of unbranched alkanes of at least 4 members (excludes halogenated alkanes) is 2. The summed E-state index contributed by atoms with van der Waals surface area (Å²) in [5, 5.41) is 80.8. The molecule has 2 aliphatic rings. The highest BCUT2D eigenvalue weighted by molar-refractivity contribution is 6.01. The molecule has 33 heteroatoms. The first kappa shape index (κ1) is 84.5. The molecule has 19 N–H and O–H groups in total. The topological polar surface area (TPSA) is 519 Å². The number of aliphatic hydroxyl groups excluding tert-OH is 5. The molecule has 546 valence electrons. The summed E-state index contributed by atoms with van der Waals surface area (Å²) in [7, 11) is 1.11. The van der Waals surface area contributed by atoms with E-state index in [-0.39, 0.29) is 44.6 Å². The zero-order valence-electron chi connectivity index (χ0n) is 58.2. The first-order valence-electron chi connectivity index (χ1n) is 33.2. The lowest BCUT2D eigenvalue weighted by atomic mass is 9.94. The molecule has 0 aromatic carbocycles. The lowest BCUT2D eigenvalue weighted by Gasteiger charge is -2.36. The Hall–Kier alpha value is -7.62. The summed E-state index contributed by atoms with van der Waals surface area (Å²) in [6, 6.07) is -20.0. The number of primary amides is 2. The van der Waals surface area contributed by atoms with Crippen LogP contribution in [-0.2, 0) is 67.1 Å². The van der Waals surface area contributed by atoms with E-state index in [1.165, 1.54) is 48.5 Å². The number of fused-ring (bicyclic) bond motifs is 1. The number of amides is 14. The summed E-state index contributed by atoms with van der Waals surface area (Å²) >= 11 is 0. The normalized spacial score (nSPS) is 28.2. The number of likely N-dealkylation sites (N-methyl/N-ethyl adjacent to an activating group) is 1. The summed E-state index contributed by atoms with van der Waals surface area (Å²) in [5.74, 6) is -18.7. The van der Waals surface area contributed by atoms with Gasteiger partial charge in [-0.05, 0) is 82.5 Å². The van der Waals surface area contributed by atoms with Gasteiger partial charge in [-0.1, -0.05) is 102 Å². The van der Waals surface area contributed by atoms with Gasteiger partial charge in [-0.25, -0.2) is 0 Å². The number of nitrogens with zero attached hydrogens (tertiary/aromatic N) is 2. The van der Waals surface area contributed by atoms with E-state index in [1.54, 1.807) is 34.6 Å². The van der Waals surface area contributed by atoms with Crippen molar-refractivity contribution >= 4 is 82.7 Å². The number of nitrogens with one attached hydrogen (secondary N) is 10. The Labute approximate surface area is 561 Å². The van der Waals surface area contributed by atoms with Gasteiger partial charge in [0.05, 0.1) is 24.4 Å². The van der Waals surface area contributed by atoms with Crippen LogP contribution in [0.4, 0.5) is 0 Å². The van der Waals surface area contributed by atoms with Crippen molar-refractivity contribution in [2.45, 2.75) is 271 Å². The highest BCUT2D eigenvalue weighted by Crippen LogP contribution is 2.23. The second-order valence-electron chi connectivity index (χ2n) is 26.9. The average Bonchev–Trinajstić information content (AvgIpc) is 1.22. The van der Waals surface area contributed by atoms with Crippen LogP contribution >= 0.6 is 0 Å².